The Kier molecular flexibility index (Phi) is 42.7. The van der Waals surface area contributed by atoms with Crippen molar-refractivity contribution < 1.29 is 28.6 Å². The van der Waals surface area contributed by atoms with Crippen molar-refractivity contribution in [3.63, 3.8) is 0 Å². The first kappa shape index (κ1) is 55.4. The monoisotopic (exact) mass is 807 g/mol. The van der Waals surface area contributed by atoms with E-state index in [-0.39, 0.29) is 31.1 Å². The third-order valence-electron chi connectivity index (χ3n) is 11.8. The molecule has 0 spiro atoms. The Morgan fingerprint density at radius 3 is 1.00 bits per heavy atom. The molecule has 0 radical (unpaired) electrons. The predicted octanol–water partition coefficient (Wildman–Crippen LogP) is 16.1. The first-order chi connectivity index (χ1) is 27.8. The summed E-state index contributed by atoms with van der Waals surface area (Å²) in [5, 5.41) is 0. The molecule has 0 bridgehead atoms. The Labute approximate surface area is 355 Å². The van der Waals surface area contributed by atoms with Gasteiger partial charge in [-0.2, -0.15) is 0 Å². The van der Waals surface area contributed by atoms with E-state index in [9.17, 15) is 14.4 Å². The SMILES string of the molecule is CCCCCCCCCCCCCCCC(=O)O[C@H](COC(=O)CCCCCCCCCCCCCCCC(C)C)COC(=O)CCCCCCCCC(C)CC. The highest BCUT2D eigenvalue weighted by atomic mass is 16.6. The van der Waals surface area contributed by atoms with Crippen molar-refractivity contribution in [2.75, 3.05) is 13.2 Å². The van der Waals surface area contributed by atoms with Gasteiger partial charge in [-0.25, -0.2) is 0 Å². The first-order valence-corrected chi connectivity index (χ1v) is 25.3. The molecule has 1 unspecified atom stereocenters. The molecule has 0 aliphatic heterocycles. The molecule has 0 rings (SSSR count). The van der Waals surface area contributed by atoms with Gasteiger partial charge < -0.3 is 14.2 Å². The van der Waals surface area contributed by atoms with Gasteiger partial charge >= 0.3 is 17.9 Å². The van der Waals surface area contributed by atoms with E-state index in [0.717, 1.165) is 69.6 Å². The van der Waals surface area contributed by atoms with Crippen LogP contribution < -0.4 is 0 Å². The van der Waals surface area contributed by atoms with Gasteiger partial charge in [-0.05, 0) is 31.1 Å². The topological polar surface area (TPSA) is 78.9 Å². The number of unbranched alkanes of at least 4 members (excludes halogenated alkanes) is 29. The number of ether oxygens (including phenoxy) is 3. The molecule has 0 heterocycles. The Morgan fingerprint density at radius 2 is 0.667 bits per heavy atom. The van der Waals surface area contributed by atoms with Crippen LogP contribution in [-0.4, -0.2) is 37.2 Å². The Morgan fingerprint density at radius 1 is 0.368 bits per heavy atom. The lowest BCUT2D eigenvalue weighted by molar-refractivity contribution is -0.167. The van der Waals surface area contributed by atoms with E-state index >= 15 is 0 Å². The summed E-state index contributed by atoms with van der Waals surface area (Å²) in [5.41, 5.74) is 0. The molecule has 0 amide bonds. The van der Waals surface area contributed by atoms with Crippen LogP contribution in [0, 0.1) is 11.8 Å². The number of carbonyl (C=O) groups excluding carboxylic acids is 3. The molecular weight excluding hydrogens is 709 g/mol. The Bertz CT molecular complexity index is 872. The summed E-state index contributed by atoms with van der Waals surface area (Å²) in [4.78, 5) is 37.9. The molecule has 0 aliphatic rings. The zero-order valence-electron chi connectivity index (χ0n) is 39.0. The average molecular weight is 807 g/mol. The maximum Gasteiger partial charge on any atom is 0.306 e. The van der Waals surface area contributed by atoms with Crippen molar-refractivity contribution in [3.8, 4) is 0 Å². The zero-order chi connectivity index (χ0) is 41.9. The highest BCUT2D eigenvalue weighted by Crippen LogP contribution is 2.17. The summed E-state index contributed by atoms with van der Waals surface area (Å²) in [6.45, 7) is 11.3. The fourth-order valence-electron chi connectivity index (χ4n) is 7.60. The minimum atomic E-state index is -0.761. The maximum atomic E-state index is 12.8. The van der Waals surface area contributed by atoms with Gasteiger partial charge in [0.25, 0.3) is 0 Å². The number of rotatable bonds is 45. The quantitative estimate of drug-likeness (QED) is 0.0346. The van der Waals surface area contributed by atoms with Crippen LogP contribution in [0.5, 0.6) is 0 Å². The molecule has 6 heteroatoms. The molecule has 338 valence electrons. The number of hydrogen-bond donors (Lipinski definition) is 0. The third-order valence-corrected chi connectivity index (χ3v) is 11.8. The summed E-state index contributed by atoms with van der Waals surface area (Å²) in [6, 6.07) is 0. The lowest BCUT2D eigenvalue weighted by atomic mass is 10.00. The van der Waals surface area contributed by atoms with Gasteiger partial charge in [0, 0.05) is 19.3 Å². The van der Waals surface area contributed by atoms with Crippen molar-refractivity contribution >= 4 is 17.9 Å². The third kappa shape index (κ3) is 43.8. The smallest absolute Gasteiger partial charge is 0.306 e. The molecule has 0 aromatic carbocycles. The number of carbonyl (C=O) groups is 3. The fraction of sp³-hybridized carbons (Fsp3) is 0.941. The lowest BCUT2D eigenvalue weighted by Crippen LogP contribution is -2.30. The molecule has 0 aromatic heterocycles. The molecule has 0 aromatic rings. The van der Waals surface area contributed by atoms with E-state index in [2.05, 4.69) is 34.6 Å². The summed E-state index contributed by atoms with van der Waals surface area (Å²) in [7, 11) is 0. The highest BCUT2D eigenvalue weighted by Gasteiger charge is 2.19. The molecule has 2 atom stereocenters. The largest absolute Gasteiger partial charge is 0.462 e. The minimum Gasteiger partial charge on any atom is -0.462 e. The molecule has 57 heavy (non-hydrogen) atoms. The lowest BCUT2D eigenvalue weighted by Gasteiger charge is -2.18. The molecule has 0 aliphatic carbocycles. The van der Waals surface area contributed by atoms with E-state index < -0.39 is 6.10 Å². The van der Waals surface area contributed by atoms with Crippen LogP contribution in [0.2, 0.25) is 0 Å². The van der Waals surface area contributed by atoms with Gasteiger partial charge in [-0.1, -0.05) is 240 Å². The van der Waals surface area contributed by atoms with Crippen LogP contribution in [0.1, 0.15) is 279 Å². The van der Waals surface area contributed by atoms with Gasteiger partial charge in [0.15, 0.2) is 6.10 Å². The zero-order valence-corrected chi connectivity index (χ0v) is 39.0. The van der Waals surface area contributed by atoms with E-state index in [1.807, 2.05) is 0 Å². The van der Waals surface area contributed by atoms with Crippen LogP contribution in [-0.2, 0) is 28.6 Å². The van der Waals surface area contributed by atoms with Gasteiger partial charge in [-0.15, -0.1) is 0 Å². The van der Waals surface area contributed by atoms with Crippen molar-refractivity contribution in [2.24, 2.45) is 11.8 Å². The van der Waals surface area contributed by atoms with Crippen LogP contribution >= 0.6 is 0 Å². The summed E-state index contributed by atoms with van der Waals surface area (Å²) >= 11 is 0. The van der Waals surface area contributed by atoms with Gasteiger partial charge in [0.05, 0.1) is 0 Å². The summed E-state index contributed by atoms with van der Waals surface area (Å²) in [5.74, 6) is 0.802. The maximum absolute atomic E-state index is 12.8. The van der Waals surface area contributed by atoms with Crippen molar-refractivity contribution in [2.45, 2.75) is 285 Å². The van der Waals surface area contributed by atoms with Crippen molar-refractivity contribution in [3.05, 3.63) is 0 Å². The van der Waals surface area contributed by atoms with Crippen molar-refractivity contribution in [1.82, 2.24) is 0 Å². The van der Waals surface area contributed by atoms with Crippen LogP contribution in [0.25, 0.3) is 0 Å². The van der Waals surface area contributed by atoms with Gasteiger partial charge in [0.1, 0.15) is 13.2 Å². The van der Waals surface area contributed by atoms with E-state index in [0.29, 0.717) is 19.3 Å². The summed E-state index contributed by atoms with van der Waals surface area (Å²) < 4.78 is 16.8. The molecule has 0 fully saturated rings. The highest BCUT2D eigenvalue weighted by molar-refractivity contribution is 5.71. The summed E-state index contributed by atoms with van der Waals surface area (Å²) in [6.07, 6.45) is 43.7. The van der Waals surface area contributed by atoms with Gasteiger partial charge in [0.2, 0.25) is 0 Å². The van der Waals surface area contributed by atoms with E-state index in [1.54, 1.807) is 0 Å². The van der Waals surface area contributed by atoms with Crippen LogP contribution in [0.4, 0.5) is 0 Å². The predicted molar refractivity (Wildman–Crippen MR) is 243 cm³/mol. The fourth-order valence-corrected chi connectivity index (χ4v) is 7.60. The second-order valence-corrected chi connectivity index (χ2v) is 18.2. The molecule has 6 nitrogen and oxygen atoms in total. The molecule has 0 saturated heterocycles. The van der Waals surface area contributed by atoms with Crippen LogP contribution in [0.3, 0.4) is 0 Å². The second-order valence-electron chi connectivity index (χ2n) is 18.2. The number of esters is 3. The Hall–Kier alpha value is -1.59. The average Bonchev–Trinajstić information content (AvgIpc) is 3.19. The van der Waals surface area contributed by atoms with E-state index in [1.165, 1.54) is 167 Å². The van der Waals surface area contributed by atoms with Crippen molar-refractivity contribution in [1.29, 1.82) is 0 Å². The van der Waals surface area contributed by atoms with E-state index in [4.69, 9.17) is 14.2 Å². The first-order valence-electron chi connectivity index (χ1n) is 25.3. The molecule has 0 saturated carbocycles. The second kappa shape index (κ2) is 44.0. The molecule has 0 N–H and O–H groups in total. The number of hydrogen-bond acceptors (Lipinski definition) is 6. The normalized spacial score (nSPS) is 12.5. The standard InChI is InChI=1S/C51H98O6/c1-6-8-9-10-11-12-13-15-20-23-26-33-38-43-51(54)57-48(45-56-50(53)42-37-32-28-27-30-35-40-47(5)7-2)44-55-49(52)41-36-31-25-22-19-17-14-16-18-21-24-29-34-39-46(3)4/h46-48H,6-45H2,1-5H3/t47?,48-/m1/s1. The molecular formula is C51H98O6. The Balaban J connectivity index is 4.30. The van der Waals surface area contributed by atoms with Gasteiger partial charge in [-0.3, -0.25) is 14.4 Å². The van der Waals surface area contributed by atoms with Crippen LogP contribution in [0.15, 0.2) is 0 Å². The minimum absolute atomic E-state index is 0.0644.